The number of phenols is 1. The van der Waals surface area contributed by atoms with E-state index < -0.39 is 53.1 Å². The Hall–Kier alpha value is -4.15. The second-order valence-corrected chi connectivity index (χ2v) is 9.83. The molecule has 15 heteroatoms. The summed E-state index contributed by atoms with van der Waals surface area (Å²) >= 11 is 0. The van der Waals surface area contributed by atoms with Crippen molar-refractivity contribution in [2.75, 3.05) is 13.7 Å². The van der Waals surface area contributed by atoms with E-state index in [0.717, 1.165) is 0 Å². The third-order valence-electron chi connectivity index (χ3n) is 5.98. The Balaban J connectivity index is 1.34. The van der Waals surface area contributed by atoms with Gasteiger partial charge in [0.2, 0.25) is 5.88 Å². The van der Waals surface area contributed by atoms with E-state index in [1.165, 1.54) is 42.3 Å². The minimum atomic E-state index is -4.67. The predicted molar refractivity (Wildman–Crippen MR) is 134 cm³/mol. The molecule has 1 fully saturated rings. The number of fused-ring (bicyclic) bond motifs is 1. The number of benzene rings is 2. The van der Waals surface area contributed by atoms with E-state index in [4.69, 9.17) is 13.7 Å². The Morgan fingerprint density at radius 3 is 2.51 bits per heavy atom. The van der Waals surface area contributed by atoms with Crippen molar-refractivity contribution in [3.8, 4) is 23.0 Å². The number of carbonyl (C=O) groups excluding carboxylic acids is 1. The highest BCUT2D eigenvalue weighted by molar-refractivity contribution is 7.85. The molecule has 4 atom stereocenters. The Morgan fingerprint density at radius 1 is 1.08 bits per heavy atom. The first-order valence-corrected chi connectivity index (χ1v) is 12.9. The van der Waals surface area contributed by atoms with Gasteiger partial charge in [-0.3, -0.25) is 13.5 Å². The van der Waals surface area contributed by atoms with Crippen LogP contribution in [0.25, 0.3) is 22.6 Å². The van der Waals surface area contributed by atoms with Crippen molar-refractivity contribution in [2.45, 2.75) is 24.5 Å². The van der Waals surface area contributed by atoms with Gasteiger partial charge in [0.05, 0.1) is 25.6 Å². The Morgan fingerprint density at radius 2 is 1.79 bits per heavy atom. The normalized spacial score (nSPS) is 21.2. The van der Waals surface area contributed by atoms with Gasteiger partial charge in [-0.05, 0) is 12.1 Å². The summed E-state index contributed by atoms with van der Waals surface area (Å²) in [6, 6.07) is 14.4. The Kier molecular flexibility index (Phi) is 7.16. The quantitative estimate of drug-likeness (QED) is 0.235. The number of amides is 1. The lowest BCUT2D eigenvalue weighted by Gasteiger charge is -2.17. The zero-order valence-corrected chi connectivity index (χ0v) is 21.1. The molecule has 5 rings (SSSR count). The number of nitrogens with one attached hydrogen (secondary N) is 1. The third-order valence-corrected chi connectivity index (χ3v) is 6.86. The van der Waals surface area contributed by atoms with E-state index in [-0.39, 0.29) is 22.6 Å². The fraction of sp³-hybridized carbons (Fsp3) is 0.250. The van der Waals surface area contributed by atoms with E-state index in [2.05, 4.69) is 15.0 Å². The van der Waals surface area contributed by atoms with Gasteiger partial charge in [-0.25, -0.2) is 14.7 Å². The average molecular weight is 558 g/mol. The van der Waals surface area contributed by atoms with Crippen molar-refractivity contribution < 1.29 is 42.2 Å². The second kappa shape index (κ2) is 10.5. The first-order valence-electron chi connectivity index (χ1n) is 11.5. The number of imidazole rings is 1. The van der Waals surface area contributed by atoms with Crippen LogP contribution in [0, 0.1) is 0 Å². The van der Waals surface area contributed by atoms with Crippen LogP contribution in [0.2, 0.25) is 0 Å². The van der Waals surface area contributed by atoms with Gasteiger partial charge in [-0.15, -0.1) is 0 Å². The van der Waals surface area contributed by atoms with E-state index in [9.17, 15) is 28.5 Å². The van der Waals surface area contributed by atoms with Crippen LogP contribution in [0.15, 0.2) is 60.9 Å². The molecule has 14 nitrogen and oxygen atoms in total. The van der Waals surface area contributed by atoms with Gasteiger partial charge in [-0.1, -0.05) is 42.5 Å². The van der Waals surface area contributed by atoms with Gasteiger partial charge in [-0.2, -0.15) is 13.4 Å². The molecule has 0 bridgehead atoms. The lowest BCUT2D eigenvalue weighted by molar-refractivity contribution is -0.0468. The zero-order valence-electron chi connectivity index (χ0n) is 20.3. The Labute approximate surface area is 221 Å². The number of aromatic hydroxyl groups is 1. The van der Waals surface area contributed by atoms with Crippen molar-refractivity contribution in [2.24, 2.45) is 0 Å². The maximum atomic E-state index is 12.3. The number of carbonyl (C=O) groups is 1. The summed E-state index contributed by atoms with van der Waals surface area (Å²) < 4.78 is 43.6. The number of rotatable bonds is 8. The molecule has 2 aromatic carbocycles. The maximum Gasteiger partial charge on any atom is 0.362 e. The van der Waals surface area contributed by atoms with Crippen molar-refractivity contribution in [1.82, 2.24) is 24.2 Å². The third kappa shape index (κ3) is 5.25. The number of hydrogen-bond acceptors (Lipinski definition) is 12. The average Bonchev–Trinajstić information content (AvgIpc) is 3.47. The summed E-state index contributed by atoms with van der Waals surface area (Å²) in [5, 5.41) is 31.0. The van der Waals surface area contributed by atoms with Gasteiger partial charge in [0.15, 0.2) is 23.2 Å². The summed E-state index contributed by atoms with van der Waals surface area (Å²) in [4.78, 5) is 25.4. The van der Waals surface area contributed by atoms with E-state index in [0.29, 0.717) is 11.4 Å². The molecule has 0 aliphatic carbocycles. The van der Waals surface area contributed by atoms with E-state index >= 15 is 0 Å². The summed E-state index contributed by atoms with van der Waals surface area (Å²) in [7, 11) is -3.24. The topological polar surface area (TPSA) is 195 Å². The summed E-state index contributed by atoms with van der Waals surface area (Å²) in [6.07, 6.45) is -4.29. The van der Waals surface area contributed by atoms with Gasteiger partial charge in [0.25, 0.3) is 5.91 Å². The molecular formula is C24H23N5O9S. The summed E-state index contributed by atoms with van der Waals surface area (Å²) in [5.41, 5.74) is 0.926. The number of aliphatic hydroxyl groups is 2. The molecular weight excluding hydrogens is 534 g/mol. The van der Waals surface area contributed by atoms with Crippen molar-refractivity contribution in [3.05, 3.63) is 66.5 Å². The monoisotopic (exact) mass is 557 g/mol. The van der Waals surface area contributed by atoms with E-state index in [1.54, 1.807) is 16.9 Å². The molecule has 0 unspecified atom stereocenters. The van der Waals surface area contributed by atoms with Crippen LogP contribution in [0.1, 0.15) is 16.6 Å². The minimum absolute atomic E-state index is 0.178. The molecule has 2 aromatic heterocycles. The number of nitrogens with zero attached hydrogens (tertiary/aromatic N) is 4. The Bertz CT molecular complexity index is 1610. The molecule has 1 amide bonds. The molecule has 0 saturated carbocycles. The number of ether oxygens (including phenoxy) is 2. The largest absolute Gasteiger partial charge is 0.507 e. The first kappa shape index (κ1) is 26.5. The summed E-state index contributed by atoms with van der Waals surface area (Å²) in [6.45, 7) is -0.738. The molecule has 1 aliphatic rings. The van der Waals surface area contributed by atoms with Crippen LogP contribution in [0.5, 0.6) is 11.6 Å². The molecule has 1 saturated heterocycles. The SMILES string of the molecule is COc1nc(-c2ccccc2)nc2c1ncn2[C@@H]1O[C@H](COS(=O)(=O)NC(=O)c2ccccc2O)[C@@H](O)[C@H]1O. The van der Waals surface area contributed by atoms with Crippen LogP contribution in [-0.4, -0.2) is 81.2 Å². The van der Waals surface area contributed by atoms with E-state index in [1.807, 2.05) is 18.2 Å². The predicted octanol–water partition coefficient (Wildman–Crippen LogP) is 0.518. The standard InChI is InChI=1S/C24H23N5O9S/c1-36-23-17-21(26-20(27-23)13-7-3-2-4-8-13)29(12-25-17)24-19(32)18(31)16(38-24)11-37-39(34,35)28-22(33)14-9-5-6-10-15(14)30/h2-10,12,16,18-19,24,30-32H,11H2,1H3,(H,28,33)/t16-,18-,19-,24-/m1/s1. The first-order chi connectivity index (χ1) is 18.7. The van der Waals surface area contributed by atoms with Gasteiger partial charge in [0.1, 0.15) is 24.1 Å². The van der Waals surface area contributed by atoms with Crippen molar-refractivity contribution >= 4 is 27.4 Å². The molecule has 39 heavy (non-hydrogen) atoms. The highest BCUT2D eigenvalue weighted by Crippen LogP contribution is 2.34. The molecule has 0 spiro atoms. The number of methoxy groups -OCH3 is 1. The number of hydrogen-bond donors (Lipinski definition) is 4. The minimum Gasteiger partial charge on any atom is -0.507 e. The second-order valence-electron chi connectivity index (χ2n) is 8.48. The van der Waals surface area contributed by atoms with Gasteiger partial charge < -0.3 is 24.8 Å². The van der Waals surface area contributed by atoms with Crippen LogP contribution < -0.4 is 9.46 Å². The molecule has 4 N–H and O–H groups in total. The number of phenolic OH excluding ortho intramolecular Hbond substituents is 1. The zero-order chi connectivity index (χ0) is 27.7. The van der Waals surface area contributed by atoms with Crippen LogP contribution in [0.4, 0.5) is 0 Å². The number of para-hydroxylation sites is 1. The fourth-order valence-corrected chi connectivity index (χ4v) is 4.76. The highest BCUT2D eigenvalue weighted by Gasteiger charge is 2.45. The smallest absolute Gasteiger partial charge is 0.362 e. The van der Waals surface area contributed by atoms with Crippen LogP contribution in [0.3, 0.4) is 0 Å². The molecule has 204 valence electrons. The van der Waals surface area contributed by atoms with Crippen LogP contribution >= 0.6 is 0 Å². The molecule has 3 heterocycles. The van der Waals surface area contributed by atoms with Gasteiger partial charge >= 0.3 is 10.3 Å². The van der Waals surface area contributed by atoms with Gasteiger partial charge in [0, 0.05) is 5.56 Å². The number of aromatic nitrogens is 4. The van der Waals surface area contributed by atoms with Crippen molar-refractivity contribution in [3.63, 3.8) is 0 Å². The maximum absolute atomic E-state index is 12.3. The molecule has 0 radical (unpaired) electrons. The van der Waals surface area contributed by atoms with Crippen LogP contribution in [-0.2, 0) is 19.2 Å². The molecule has 1 aliphatic heterocycles. The highest BCUT2D eigenvalue weighted by atomic mass is 32.2. The fourth-order valence-electron chi connectivity index (χ4n) is 4.05. The number of aliphatic hydroxyl groups excluding tert-OH is 2. The molecule has 4 aromatic rings. The van der Waals surface area contributed by atoms with Crippen molar-refractivity contribution in [1.29, 1.82) is 0 Å². The lowest BCUT2D eigenvalue weighted by atomic mass is 10.1. The summed E-state index contributed by atoms with van der Waals surface area (Å²) in [5.74, 6) is -1.04. The lowest BCUT2D eigenvalue weighted by Crippen LogP contribution is -2.37.